The van der Waals surface area contributed by atoms with E-state index in [1.165, 1.54) is 0 Å². The molecule has 4 aromatic rings. The summed E-state index contributed by atoms with van der Waals surface area (Å²) < 4.78 is 0. The summed E-state index contributed by atoms with van der Waals surface area (Å²) in [5.74, 6) is 0. The highest BCUT2D eigenvalue weighted by Crippen LogP contribution is 2.36. The first-order valence-corrected chi connectivity index (χ1v) is 7.43. The second-order valence-electron chi connectivity index (χ2n) is 3.99. The number of rotatable bonds is 3. The highest BCUT2D eigenvalue weighted by Gasteiger charge is 2.11. The minimum Gasteiger partial charge on any atom is -0.343 e. The molecule has 0 aliphatic rings. The van der Waals surface area contributed by atoms with Gasteiger partial charge in [-0.1, -0.05) is 0 Å². The molecule has 0 aliphatic carbocycles. The molecule has 0 bridgehead atoms. The Balaban J connectivity index is 1.68. The highest BCUT2D eigenvalue weighted by molar-refractivity contribution is 7.24. The molecule has 20 heavy (non-hydrogen) atoms. The number of aromatic nitrogens is 6. The third-order valence-electron chi connectivity index (χ3n) is 2.71. The topological polar surface area (TPSA) is 83.1 Å². The largest absolute Gasteiger partial charge is 0.343 e. The summed E-state index contributed by atoms with van der Waals surface area (Å²) in [4.78, 5) is 25.1. The maximum Gasteiger partial charge on any atom is 0.141 e. The molecule has 0 aromatic carbocycles. The van der Waals surface area contributed by atoms with Crippen LogP contribution >= 0.6 is 22.7 Å². The molecule has 0 spiro atoms. The fraction of sp³-hybridized carbons (Fsp3) is 0. The molecule has 6 nitrogen and oxygen atoms in total. The lowest BCUT2D eigenvalue weighted by Gasteiger charge is -1.88. The van der Waals surface area contributed by atoms with Crippen molar-refractivity contribution in [3.05, 3.63) is 37.4 Å². The zero-order valence-corrected chi connectivity index (χ0v) is 11.7. The van der Waals surface area contributed by atoms with Gasteiger partial charge in [-0.25, -0.2) is 19.9 Å². The third kappa shape index (κ3) is 1.95. The number of hydrogen-bond donors (Lipinski definition) is 2. The van der Waals surface area contributed by atoms with Gasteiger partial charge in [-0.05, 0) is 0 Å². The van der Waals surface area contributed by atoms with Crippen molar-refractivity contribution in [2.45, 2.75) is 0 Å². The number of imidazole rings is 2. The average Bonchev–Trinajstić information content (AvgIpc) is 3.22. The first-order valence-electron chi connectivity index (χ1n) is 5.79. The van der Waals surface area contributed by atoms with Crippen LogP contribution in [0.1, 0.15) is 0 Å². The van der Waals surface area contributed by atoms with Gasteiger partial charge in [0, 0.05) is 12.4 Å². The van der Waals surface area contributed by atoms with Crippen molar-refractivity contribution in [2.24, 2.45) is 0 Å². The van der Waals surface area contributed by atoms with Gasteiger partial charge in [0.2, 0.25) is 0 Å². The van der Waals surface area contributed by atoms with E-state index in [1.54, 1.807) is 47.7 Å². The number of nitrogens with zero attached hydrogens (tertiary/aromatic N) is 4. The maximum atomic E-state index is 4.41. The van der Waals surface area contributed by atoms with Gasteiger partial charge < -0.3 is 9.97 Å². The zero-order valence-electron chi connectivity index (χ0n) is 10.1. The lowest BCUT2D eigenvalue weighted by atomic mass is 10.5. The molecule has 0 aliphatic heterocycles. The Bertz CT molecular complexity index is 742. The summed E-state index contributed by atoms with van der Waals surface area (Å²) in [7, 11) is 0. The molecule has 0 radical (unpaired) electrons. The molecule has 0 saturated carbocycles. The van der Waals surface area contributed by atoms with Crippen LogP contribution in [0.2, 0.25) is 0 Å². The lowest BCUT2D eigenvalue weighted by molar-refractivity contribution is 1.30. The van der Waals surface area contributed by atoms with Gasteiger partial charge in [-0.15, -0.1) is 22.7 Å². The molecular weight excluding hydrogens is 292 g/mol. The monoisotopic (exact) mass is 300 g/mol. The lowest BCUT2D eigenvalue weighted by Crippen LogP contribution is -1.71. The van der Waals surface area contributed by atoms with Crippen LogP contribution in [0.25, 0.3) is 31.2 Å². The normalized spacial score (nSPS) is 11.0. The van der Waals surface area contributed by atoms with Crippen LogP contribution in [0.3, 0.4) is 0 Å². The Hall–Kier alpha value is -2.32. The second kappa shape index (κ2) is 4.66. The summed E-state index contributed by atoms with van der Waals surface area (Å²) >= 11 is 3.23. The van der Waals surface area contributed by atoms with E-state index >= 15 is 0 Å². The van der Waals surface area contributed by atoms with E-state index in [-0.39, 0.29) is 0 Å². The molecule has 4 rings (SSSR count). The summed E-state index contributed by atoms with van der Waals surface area (Å²) in [5, 5.41) is 1.85. The Morgan fingerprint density at radius 1 is 0.700 bits per heavy atom. The van der Waals surface area contributed by atoms with E-state index in [0.717, 1.165) is 31.2 Å². The minimum atomic E-state index is 0.925. The van der Waals surface area contributed by atoms with Crippen molar-refractivity contribution in [3.63, 3.8) is 0 Å². The number of thiazole rings is 2. The Morgan fingerprint density at radius 3 is 1.60 bits per heavy atom. The fourth-order valence-corrected chi connectivity index (χ4v) is 3.61. The smallest absolute Gasteiger partial charge is 0.141 e. The quantitative estimate of drug-likeness (QED) is 0.609. The van der Waals surface area contributed by atoms with Crippen molar-refractivity contribution >= 4 is 22.7 Å². The Morgan fingerprint density at radius 2 is 1.20 bits per heavy atom. The molecule has 0 saturated heterocycles. The van der Waals surface area contributed by atoms with E-state index in [0.29, 0.717) is 0 Å². The molecular formula is C12H8N6S2. The van der Waals surface area contributed by atoms with Crippen molar-refractivity contribution in [2.75, 3.05) is 0 Å². The van der Waals surface area contributed by atoms with E-state index in [4.69, 9.17) is 0 Å². The van der Waals surface area contributed by atoms with E-state index < -0.39 is 0 Å². The molecule has 0 unspecified atom stereocenters. The van der Waals surface area contributed by atoms with Gasteiger partial charge in [-0.3, -0.25) is 0 Å². The van der Waals surface area contributed by atoms with Gasteiger partial charge in [0.1, 0.15) is 10.0 Å². The van der Waals surface area contributed by atoms with Crippen molar-refractivity contribution in [3.8, 4) is 31.2 Å². The second-order valence-corrected chi connectivity index (χ2v) is 6.05. The standard InChI is InChI=1S/C12H8N6S2/c1-7(17-5-13-1)11-15-3-9(19-11)10-4-16-12(20-10)8-2-14-6-18-8/h1-6H,(H,13,17)(H,14,18). The van der Waals surface area contributed by atoms with Crippen LogP contribution in [0.15, 0.2) is 37.4 Å². The highest BCUT2D eigenvalue weighted by atomic mass is 32.1. The molecule has 2 N–H and O–H groups in total. The summed E-state index contributed by atoms with van der Waals surface area (Å²) in [6.07, 6.45) is 10.6. The first kappa shape index (κ1) is 11.5. The molecule has 98 valence electrons. The molecule has 4 heterocycles. The number of aromatic amines is 2. The van der Waals surface area contributed by atoms with Crippen molar-refractivity contribution < 1.29 is 0 Å². The van der Waals surface area contributed by atoms with Gasteiger partial charge in [0.15, 0.2) is 0 Å². The molecule has 4 aromatic heterocycles. The summed E-state index contributed by atoms with van der Waals surface area (Å²) in [6.45, 7) is 0. The summed E-state index contributed by atoms with van der Waals surface area (Å²) in [5.41, 5.74) is 1.86. The predicted molar refractivity (Wildman–Crippen MR) is 78.4 cm³/mol. The van der Waals surface area contributed by atoms with Gasteiger partial charge >= 0.3 is 0 Å². The van der Waals surface area contributed by atoms with Crippen LogP contribution in [0, 0.1) is 0 Å². The van der Waals surface area contributed by atoms with Crippen molar-refractivity contribution in [1.82, 2.24) is 29.9 Å². The number of nitrogens with one attached hydrogen (secondary N) is 2. The van der Waals surface area contributed by atoms with Gasteiger partial charge in [0.25, 0.3) is 0 Å². The average molecular weight is 300 g/mol. The molecule has 0 atom stereocenters. The van der Waals surface area contributed by atoms with Gasteiger partial charge in [-0.2, -0.15) is 0 Å². The third-order valence-corrected chi connectivity index (χ3v) is 4.97. The molecule has 0 amide bonds. The van der Waals surface area contributed by atoms with Crippen LogP contribution < -0.4 is 0 Å². The van der Waals surface area contributed by atoms with E-state index in [2.05, 4.69) is 29.9 Å². The Kier molecular flexibility index (Phi) is 2.68. The van der Waals surface area contributed by atoms with Crippen LogP contribution in [0.5, 0.6) is 0 Å². The maximum absolute atomic E-state index is 4.41. The number of H-pyrrole nitrogens is 2. The van der Waals surface area contributed by atoms with E-state index in [9.17, 15) is 0 Å². The minimum absolute atomic E-state index is 0.925. The SMILES string of the molecule is c1ncc(-c2ncc(-c3cnc(-c4cnc[nH]4)s3)s2)[nH]1. The van der Waals surface area contributed by atoms with E-state index in [1.807, 2.05) is 12.4 Å². The zero-order chi connectivity index (χ0) is 13.4. The Labute approximate surface area is 121 Å². The first-order chi connectivity index (χ1) is 9.90. The van der Waals surface area contributed by atoms with Crippen molar-refractivity contribution in [1.29, 1.82) is 0 Å². The predicted octanol–water partition coefficient (Wildman–Crippen LogP) is 3.05. The summed E-state index contributed by atoms with van der Waals surface area (Å²) in [6, 6.07) is 0. The molecule has 8 heteroatoms. The van der Waals surface area contributed by atoms with Crippen LogP contribution in [-0.2, 0) is 0 Å². The van der Waals surface area contributed by atoms with Crippen LogP contribution in [-0.4, -0.2) is 29.9 Å². The van der Waals surface area contributed by atoms with Crippen LogP contribution in [0.4, 0.5) is 0 Å². The number of hydrogen-bond acceptors (Lipinski definition) is 6. The van der Waals surface area contributed by atoms with Gasteiger partial charge in [0.05, 0.1) is 46.2 Å². The fourth-order valence-electron chi connectivity index (χ4n) is 1.77. The molecule has 0 fully saturated rings.